The third kappa shape index (κ3) is 4.12. The number of hydrogen-bond acceptors (Lipinski definition) is 4. The summed E-state index contributed by atoms with van der Waals surface area (Å²) in [5, 5.41) is 7.64. The van der Waals surface area contributed by atoms with E-state index in [9.17, 15) is 14.4 Å². The monoisotopic (exact) mass is 425 g/mol. The summed E-state index contributed by atoms with van der Waals surface area (Å²) in [5.74, 6) is -0.173. The molecule has 6 nitrogen and oxygen atoms in total. The van der Waals surface area contributed by atoms with E-state index in [0.717, 1.165) is 18.4 Å². The molecule has 2 aromatic rings. The molecule has 3 heterocycles. The Labute approximate surface area is 180 Å². The molecule has 2 aliphatic heterocycles. The summed E-state index contributed by atoms with van der Waals surface area (Å²) in [6.45, 7) is 1.01. The number of thiophene rings is 1. The fourth-order valence-electron chi connectivity index (χ4n) is 4.64. The van der Waals surface area contributed by atoms with Gasteiger partial charge in [-0.15, -0.1) is 11.3 Å². The van der Waals surface area contributed by atoms with Crippen LogP contribution in [0.5, 0.6) is 0 Å². The zero-order valence-corrected chi connectivity index (χ0v) is 18.0. The van der Waals surface area contributed by atoms with Gasteiger partial charge in [-0.2, -0.15) is 0 Å². The van der Waals surface area contributed by atoms with Gasteiger partial charge in [0.05, 0.1) is 5.41 Å². The number of carbonyl (C=O) groups excluding carboxylic acids is 3. The third-order valence-corrected chi connectivity index (χ3v) is 7.11. The van der Waals surface area contributed by atoms with Crippen LogP contribution in [0.25, 0.3) is 10.4 Å². The molecule has 3 amide bonds. The molecule has 0 saturated carbocycles. The van der Waals surface area contributed by atoms with Crippen molar-refractivity contribution in [2.45, 2.75) is 38.1 Å². The minimum Gasteiger partial charge on any atom is -0.359 e. The molecule has 7 heteroatoms. The fraction of sp³-hybridized carbons (Fsp3) is 0.435. The van der Waals surface area contributed by atoms with Crippen LogP contribution in [0.15, 0.2) is 41.8 Å². The largest absolute Gasteiger partial charge is 0.359 e. The molecule has 1 aromatic carbocycles. The first-order valence-electron chi connectivity index (χ1n) is 10.4. The summed E-state index contributed by atoms with van der Waals surface area (Å²) in [6, 6.07) is 12.0. The van der Waals surface area contributed by atoms with Crippen LogP contribution in [0.3, 0.4) is 0 Å². The van der Waals surface area contributed by atoms with E-state index in [-0.39, 0.29) is 17.7 Å². The Bertz CT molecular complexity index is 926. The molecule has 0 bridgehead atoms. The van der Waals surface area contributed by atoms with Gasteiger partial charge in [0.1, 0.15) is 6.04 Å². The van der Waals surface area contributed by atoms with Gasteiger partial charge in [-0.25, -0.2) is 0 Å². The van der Waals surface area contributed by atoms with Gasteiger partial charge in [-0.05, 0) is 48.3 Å². The van der Waals surface area contributed by atoms with Gasteiger partial charge in [0.25, 0.3) is 0 Å². The quantitative estimate of drug-likeness (QED) is 0.773. The Kier molecular flexibility index (Phi) is 5.90. The Balaban J connectivity index is 1.53. The molecule has 2 atom stereocenters. The molecule has 0 unspecified atom stereocenters. The summed E-state index contributed by atoms with van der Waals surface area (Å²) in [7, 11) is 1.65. The average Bonchev–Trinajstić information content (AvgIpc) is 3.45. The van der Waals surface area contributed by atoms with Crippen LogP contribution in [-0.4, -0.2) is 48.8 Å². The maximum atomic E-state index is 13.0. The summed E-state index contributed by atoms with van der Waals surface area (Å²) >= 11 is 1.70. The highest BCUT2D eigenvalue weighted by Crippen LogP contribution is 2.35. The average molecular weight is 426 g/mol. The van der Waals surface area contributed by atoms with Crippen molar-refractivity contribution in [3.8, 4) is 10.4 Å². The van der Waals surface area contributed by atoms with Crippen molar-refractivity contribution in [1.82, 2.24) is 15.5 Å². The molecule has 4 rings (SSSR count). The van der Waals surface area contributed by atoms with Gasteiger partial charge in [-0.1, -0.05) is 30.3 Å². The normalized spacial score (nSPS) is 23.8. The number of likely N-dealkylation sites (tertiary alicyclic amines) is 1. The van der Waals surface area contributed by atoms with E-state index >= 15 is 0 Å². The Morgan fingerprint density at radius 3 is 2.70 bits per heavy atom. The first-order valence-corrected chi connectivity index (χ1v) is 11.3. The van der Waals surface area contributed by atoms with E-state index in [0.29, 0.717) is 32.4 Å². The van der Waals surface area contributed by atoms with Crippen LogP contribution >= 0.6 is 11.3 Å². The second kappa shape index (κ2) is 8.60. The second-order valence-corrected chi connectivity index (χ2v) is 9.18. The van der Waals surface area contributed by atoms with Crippen molar-refractivity contribution < 1.29 is 14.4 Å². The summed E-state index contributed by atoms with van der Waals surface area (Å²) in [5.41, 5.74) is 1.60. The number of piperidine rings is 1. The first kappa shape index (κ1) is 20.6. The van der Waals surface area contributed by atoms with Crippen LogP contribution in [0.1, 0.15) is 31.2 Å². The van der Waals surface area contributed by atoms with E-state index in [4.69, 9.17) is 0 Å². The molecule has 2 saturated heterocycles. The first-order chi connectivity index (χ1) is 14.5. The molecule has 0 radical (unpaired) electrons. The lowest BCUT2D eigenvalue weighted by Crippen LogP contribution is -2.56. The van der Waals surface area contributed by atoms with Gasteiger partial charge < -0.3 is 15.5 Å². The van der Waals surface area contributed by atoms with Gasteiger partial charge in [0.15, 0.2) is 0 Å². The van der Waals surface area contributed by atoms with Crippen molar-refractivity contribution in [1.29, 1.82) is 0 Å². The van der Waals surface area contributed by atoms with Crippen molar-refractivity contribution in [2.75, 3.05) is 20.1 Å². The number of benzene rings is 1. The molecule has 1 aromatic heterocycles. The van der Waals surface area contributed by atoms with Crippen LogP contribution < -0.4 is 10.6 Å². The molecule has 0 aliphatic carbocycles. The lowest BCUT2D eigenvalue weighted by Gasteiger charge is -2.42. The van der Waals surface area contributed by atoms with Crippen molar-refractivity contribution >= 4 is 29.1 Å². The summed E-state index contributed by atoms with van der Waals surface area (Å²) < 4.78 is 0. The maximum Gasteiger partial charge on any atom is 0.245 e. The van der Waals surface area contributed by atoms with Crippen molar-refractivity contribution in [3.63, 3.8) is 0 Å². The number of nitrogens with one attached hydrogen (secondary N) is 2. The van der Waals surface area contributed by atoms with Gasteiger partial charge >= 0.3 is 0 Å². The van der Waals surface area contributed by atoms with E-state index in [1.165, 1.54) is 10.4 Å². The lowest BCUT2D eigenvalue weighted by molar-refractivity contribution is -0.143. The predicted molar refractivity (Wildman–Crippen MR) is 117 cm³/mol. The lowest BCUT2D eigenvalue weighted by atomic mass is 9.74. The molecule has 158 valence electrons. The highest BCUT2D eigenvalue weighted by Gasteiger charge is 2.44. The highest BCUT2D eigenvalue weighted by atomic mass is 32.1. The van der Waals surface area contributed by atoms with Crippen LogP contribution in [0.4, 0.5) is 0 Å². The van der Waals surface area contributed by atoms with Crippen LogP contribution in [0.2, 0.25) is 0 Å². The summed E-state index contributed by atoms with van der Waals surface area (Å²) in [4.78, 5) is 40.4. The number of carbonyl (C=O) groups is 3. The number of rotatable bonds is 5. The predicted octanol–water partition coefficient (Wildman–Crippen LogP) is 2.59. The van der Waals surface area contributed by atoms with Crippen molar-refractivity contribution in [3.05, 3.63) is 47.3 Å². The zero-order chi connectivity index (χ0) is 21.1. The molecular formula is C23H27N3O3S. The van der Waals surface area contributed by atoms with Crippen molar-refractivity contribution in [2.24, 2.45) is 5.41 Å². The molecule has 2 N–H and O–H groups in total. The molecule has 2 fully saturated rings. The molecule has 2 aliphatic rings. The number of amides is 3. The topological polar surface area (TPSA) is 78.5 Å². The summed E-state index contributed by atoms with van der Waals surface area (Å²) in [6.07, 6.45) is 3.01. The fourth-order valence-corrected chi connectivity index (χ4v) is 5.37. The van der Waals surface area contributed by atoms with Gasteiger partial charge in [-0.3, -0.25) is 14.4 Å². The molecule has 30 heavy (non-hydrogen) atoms. The van der Waals surface area contributed by atoms with E-state index < -0.39 is 11.5 Å². The SMILES string of the molecule is CNC(=O)[C@@]1(Cc2ccc(-c3cccs3)cc2)CCCN(C(=O)[C@H]2CCC(=O)N2)C1. The minimum atomic E-state index is -0.657. The zero-order valence-electron chi connectivity index (χ0n) is 17.1. The number of hydrogen-bond donors (Lipinski definition) is 2. The smallest absolute Gasteiger partial charge is 0.245 e. The highest BCUT2D eigenvalue weighted by molar-refractivity contribution is 7.13. The van der Waals surface area contributed by atoms with E-state index in [1.807, 2.05) is 6.07 Å². The van der Waals surface area contributed by atoms with E-state index in [2.05, 4.69) is 46.3 Å². The third-order valence-electron chi connectivity index (χ3n) is 6.19. The minimum absolute atomic E-state index is 0.0298. The van der Waals surface area contributed by atoms with E-state index in [1.54, 1.807) is 23.3 Å². The number of nitrogens with zero attached hydrogens (tertiary/aromatic N) is 1. The second-order valence-electron chi connectivity index (χ2n) is 8.23. The Morgan fingerprint density at radius 2 is 2.07 bits per heavy atom. The molecule has 0 spiro atoms. The van der Waals surface area contributed by atoms with Gasteiger partial charge in [0, 0.05) is 31.4 Å². The molecular weight excluding hydrogens is 398 g/mol. The van der Waals surface area contributed by atoms with Gasteiger partial charge in [0.2, 0.25) is 17.7 Å². The Morgan fingerprint density at radius 1 is 1.27 bits per heavy atom. The maximum absolute atomic E-state index is 13.0. The standard InChI is InChI=1S/C23H27N3O3S/c1-24-22(29)23(14-16-5-7-17(8-6-16)19-4-2-13-30-19)11-3-12-26(15-23)21(28)18-9-10-20(27)25-18/h2,4-8,13,18H,3,9-12,14-15H2,1H3,(H,24,29)(H,25,27)/t18-,23-/m1/s1. The van der Waals surface area contributed by atoms with Crippen LogP contribution in [-0.2, 0) is 20.8 Å². The van der Waals surface area contributed by atoms with Crippen LogP contribution in [0, 0.1) is 5.41 Å². The Hall–Kier alpha value is -2.67.